The maximum atomic E-state index is 9.43. The van der Waals surface area contributed by atoms with Crippen LogP contribution in [0.1, 0.15) is 46.5 Å². The second-order valence-electron chi connectivity index (χ2n) is 5.05. The topological polar surface area (TPSA) is 40.5 Å². The van der Waals surface area contributed by atoms with Crippen LogP contribution in [-0.4, -0.2) is 16.0 Å². The first-order chi connectivity index (χ1) is 5.31. The minimum absolute atomic E-state index is 0.0567. The van der Waals surface area contributed by atoms with Crippen LogP contribution in [-0.2, 0) is 0 Å². The Hall–Kier alpha value is -0.0800. The lowest BCUT2D eigenvalue weighted by Crippen LogP contribution is -2.39. The third-order valence-corrected chi connectivity index (χ3v) is 2.98. The van der Waals surface area contributed by atoms with Crippen LogP contribution in [0.5, 0.6) is 0 Å². The molecule has 0 aromatic heterocycles. The van der Waals surface area contributed by atoms with Gasteiger partial charge in [-0.15, -0.1) is 0 Å². The maximum Gasteiger partial charge on any atom is 0.162 e. The molecule has 2 nitrogen and oxygen atoms in total. The van der Waals surface area contributed by atoms with Crippen molar-refractivity contribution in [3.05, 3.63) is 0 Å². The van der Waals surface area contributed by atoms with Crippen LogP contribution >= 0.6 is 0 Å². The molecule has 2 heteroatoms. The summed E-state index contributed by atoms with van der Waals surface area (Å²) in [5.74, 6) is -1.42. The second kappa shape index (κ2) is 3.00. The van der Waals surface area contributed by atoms with Crippen molar-refractivity contribution >= 4 is 0 Å². The molecule has 12 heavy (non-hydrogen) atoms. The van der Waals surface area contributed by atoms with Gasteiger partial charge >= 0.3 is 0 Å². The minimum atomic E-state index is -1.47. The van der Waals surface area contributed by atoms with Gasteiger partial charge in [-0.3, -0.25) is 0 Å². The average molecular weight is 172 g/mol. The van der Waals surface area contributed by atoms with Crippen LogP contribution in [0.3, 0.4) is 0 Å². The Morgan fingerprint density at radius 2 is 1.92 bits per heavy atom. The molecule has 0 spiro atoms. The second-order valence-corrected chi connectivity index (χ2v) is 5.05. The van der Waals surface area contributed by atoms with Gasteiger partial charge in [0.05, 0.1) is 0 Å². The Bertz CT molecular complexity index is 152. The quantitative estimate of drug-likeness (QED) is 0.593. The van der Waals surface area contributed by atoms with Crippen LogP contribution in [0.25, 0.3) is 0 Å². The molecule has 1 aliphatic carbocycles. The van der Waals surface area contributed by atoms with Crippen molar-refractivity contribution in [3.8, 4) is 0 Å². The molecule has 0 bridgehead atoms. The third kappa shape index (κ3) is 2.46. The zero-order chi connectivity index (χ0) is 9.41. The molecule has 0 heterocycles. The number of hydrogen-bond donors (Lipinski definition) is 2. The van der Waals surface area contributed by atoms with Gasteiger partial charge in [-0.25, -0.2) is 0 Å². The Morgan fingerprint density at radius 1 is 1.33 bits per heavy atom. The SMILES string of the molecule is CC1(C)CCCC(C(C)(O)O)C1. The van der Waals surface area contributed by atoms with Crippen molar-refractivity contribution in [1.29, 1.82) is 0 Å². The summed E-state index contributed by atoms with van der Waals surface area (Å²) in [6.07, 6.45) is 4.21. The highest BCUT2D eigenvalue weighted by atomic mass is 16.5. The molecular weight excluding hydrogens is 152 g/mol. The minimum Gasteiger partial charge on any atom is -0.366 e. The van der Waals surface area contributed by atoms with Gasteiger partial charge in [0, 0.05) is 5.92 Å². The first-order valence-electron chi connectivity index (χ1n) is 4.76. The molecule has 1 aliphatic rings. The third-order valence-electron chi connectivity index (χ3n) is 2.98. The first-order valence-corrected chi connectivity index (χ1v) is 4.76. The molecule has 1 rings (SSSR count). The van der Waals surface area contributed by atoms with Gasteiger partial charge in [0.2, 0.25) is 0 Å². The highest BCUT2D eigenvalue weighted by Gasteiger charge is 2.37. The zero-order valence-corrected chi connectivity index (χ0v) is 8.30. The van der Waals surface area contributed by atoms with Gasteiger partial charge in [-0.1, -0.05) is 20.3 Å². The molecule has 2 N–H and O–H groups in total. The van der Waals surface area contributed by atoms with E-state index in [9.17, 15) is 10.2 Å². The fourth-order valence-electron chi connectivity index (χ4n) is 2.16. The van der Waals surface area contributed by atoms with Gasteiger partial charge in [-0.05, 0) is 31.6 Å². The molecule has 0 aromatic carbocycles. The number of aliphatic hydroxyl groups is 2. The van der Waals surface area contributed by atoms with Crippen LogP contribution in [0, 0.1) is 11.3 Å². The van der Waals surface area contributed by atoms with Gasteiger partial charge < -0.3 is 10.2 Å². The summed E-state index contributed by atoms with van der Waals surface area (Å²) in [6.45, 7) is 5.90. The van der Waals surface area contributed by atoms with E-state index in [-0.39, 0.29) is 11.3 Å². The monoisotopic (exact) mass is 172 g/mol. The summed E-state index contributed by atoms with van der Waals surface area (Å²) in [6, 6.07) is 0. The van der Waals surface area contributed by atoms with Crippen LogP contribution in [0.15, 0.2) is 0 Å². The maximum absolute atomic E-state index is 9.43. The molecule has 0 radical (unpaired) electrons. The van der Waals surface area contributed by atoms with Crippen molar-refractivity contribution in [3.63, 3.8) is 0 Å². The van der Waals surface area contributed by atoms with E-state index in [1.165, 1.54) is 13.3 Å². The summed E-state index contributed by atoms with van der Waals surface area (Å²) in [4.78, 5) is 0. The zero-order valence-electron chi connectivity index (χ0n) is 8.30. The Morgan fingerprint density at radius 3 is 2.25 bits per heavy atom. The van der Waals surface area contributed by atoms with E-state index in [0.29, 0.717) is 0 Å². The van der Waals surface area contributed by atoms with E-state index in [0.717, 1.165) is 19.3 Å². The summed E-state index contributed by atoms with van der Waals surface area (Å²) < 4.78 is 0. The first kappa shape index (κ1) is 10.0. The van der Waals surface area contributed by atoms with Crippen LogP contribution < -0.4 is 0 Å². The fraction of sp³-hybridized carbons (Fsp3) is 1.00. The normalized spacial score (nSPS) is 30.2. The molecule has 1 unspecified atom stereocenters. The predicted molar refractivity (Wildman–Crippen MR) is 48.6 cm³/mol. The summed E-state index contributed by atoms with van der Waals surface area (Å²) in [5, 5.41) is 18.9. The Labute approximate surface area is 74.6 Å². The van der Waals surface area contributed by atoms with Gasteiger partial charge in [0.15, 0.2) is 5.79 Å². The highest BCUT2D eigenvalue weighted by molar-refractivity contribution is 4.84. The Balaban J connectivity index is 2.58. The van der Waals surface area contributed by atoms with Crippen molar-refractivity contribution in [2.24, 2.45) is 11.3 Å². The fourth-order valence-corrected chi connectivity index (χ4v) is 2.16. The van der Waals surface area contributed by atoms with Crippen molar-refractivity contribution < 1.29 is 10.2 Å². The highest BCUT2D eigenvalue weighted by Crippen LogP contribution is 2.41. The standard InChI is InChI=1S/C10H20O2/c1-9(2)6-4-5-8(7-9)10(3,11)12/h8,11-12H,4-7H2,1-3H3. The lowest BCUT2D eigenvalue weighted by atomic mass is 9.70. The average Bonchev–Trinajstić information content (AvgIpc) is 1.83. The predicted octanol–water partition coefficient (Wildman–Crippen LogP) is 1.90. The van der Waals surface area contributed by atoms with Crippen molar-refractivity contribution in [1.82, 2.24) is 0 Å². The van der Waals surface area contributed by atoms with E-state index in [4.69, 9.17) is 0 Å². The van der Waals surface area contributed by atoms with Crippen LogP contribution in [0.2, 0.25) is 0 Å². The lowest BCUT2D eigenvalue weighted by molar-refractivity contribution is -0.199. The molecule has 1 fully saturated rings. The number of hydrogen-bond acceptors (Lipinski definition) is 2. The summed E-state index contributed by atoms with van der Waals surface area (Å²) in [7, 11) is 0. The molecule has 0 aliphatic heterocycles. The number of rotatable bonds is 1. The smallest absolute Gasteiger partial charge is 0.162 e. The molecule has 72 valence electrons. The van der Waals surface area contributed by atoms with E-state index in [1.807, 2.05) is 0 Å². The van der Waals surface area contributed by atoms with Crippen molar-refractivity contribution in [2.75, 3.05) is 0 Å². The molecule has 1 atom stereocenters. The summed E-state index contributed by atoms with van der Waals surface area (Å²) >= 11 is 0. The summed E-state index contributed by atoms with van der Waals surface area (Å²) in [5.41, 5.74) is 0.287. The van der Waals surface area contributed by atoms with Crippen LogP contribution in [0.4, 0.5) is 0 Å². The van der Waals surface area contributed by atoms with Gasteiger partial charge in [0.25, 0.3) is 0 Å². The van der Waals surface area contributed by atoms with E-state index in [2.05, 4.69) is 13.8 Å². The molecule has 0 aromatic rings. The van der Waals surface area contributed by atoms with E-state index < -0.39 is 5.79 Å². The molecule has 1 saturated carbocycles. The van der Waals surface area contributed by atoms with Crippen molar-refractivity contribution in [2.45, 2.75) is 52.2 Å². The molecule has 0 saturated heterocycles. The molecule has 0 amide bonds. The van der Waals surface area contributed by atoms with Gasteiger partial charge in [0.1, 0.15) is 0 Å². The molecular formula is C10H20O2. The van der Waals surface area contributed by atoms with Gasteiger partial charge in [-0.2, -0.15) is 0 Å². The van der Waals surface area contributed by atoms with E-state index >= 15 is 0 Å². The largest absolute Gasteiger partial charge is 0.366 e. The Kier molecular flexibility index (Phi) is 2.50. The van der Waals surface area contributed by atoms with E-state index in [1.54, 1.807) is 0 Å². The lowest BCUT2D eigenvalue weighted by Gasteiger charge is -2.39.